The first kappa shape index (κ1) is 43.7. The molecule has 1 unspecified atom stereocenters. The molecule has 7 heterocycles. The van der Waals surface area contributed by atoms with Gasteiger partial charge in [-0.25, -0.2) is 4.98 Å². The van der Waals surface area contributed by atoms with Crippen molar-refractivity contribution < 1.29 is 33.5 Å². The van der Waals surface area contributed by atoms with E-state index < -0.39 is 41.2 Å². The third-order valence-corrected chi connectivity index (χ3v) is 13.2. The van der Waals surface area contributed by atoms with Crippen LogP contribution in [0, 0.1) is 10.8 Å². The van der Waals surface area contributed by atoms with Crippen molar-refractivity contribution in [3.63, 3.8) is 0 Å². The van der Waals surface area contributed by atoms with E-state index in [9.17, 15) is 28.8 Å². The van der Waals surface area contributed by atoms with Gasteiger partial charge in [0.2, 0.25) is 23.6 Å². The van der Waals surface area contributed by atoms with Gasteiger partial charge in [-0.2, -0.15) is 5.10 Å². The summed E-state index contributed by atoms with van der Waals surface area (Å²) in [4.78, 5) is 90.5. The largest absolute Gasteiger partial charge is 0.486 e. The summed E-state index contributed by atoms with van der Waals surface area (Å²) in [6.07, 6.45) is 5.74. The summed E-state index contributed by atoms with van der Waals surface area (Å²) in [5.41, 5.74) is 3.30. The Hall–Kier alpha value is -6.59. The highest BCUT2D eigenvalue weighted by Gasteiger charge is 2.49. The number of pyridine rings is 2. The number of benzene rings is 2. The van der Waals surface area contributed by atoms with Crippen LogP contribution >= 0.6 is 23.2 Å². The molecule has 65 heavy (non-hydrogen) atoms. The predicted octanol–water partition coefficient (Wildman–Crippen LogP) is 5.55. The monoisotopic (exact) mass is 920 g/mol. The molecule has 1 spiro atoms. The van der Waals surface area contributed by atoms with E-state index in [0.29, 0.717) is 40.1 Å². The molecule has 9 rings (SSSR count). The van der Waals surface area contributed by atoms with Gasteiger partial charge in [0, 0.05) is 91.8 Å². The summed E-state index contributed by atoms with van der Waals surface area (Å²) in [7, 11) is 0. The van der Waals surface area contributed by atoms with Crippen LogP contribution in [-0.4, -0.2) is 111 Å². The van der Waals surface area contributed by atoms with Crippen LogP contribution in [-0.2, 0) is 19.2 Å². The molecule has 0 saturated carbocycles. The second kappa shape index (κ2) is 17.1. The second-order valence-corrected chi connectivity index (χ2v) is 18.9. The van der Waals surface area contributed by atoms with Gasteiger partial charge < -0.3 is 25.2 Å². The number of anilines is 2. The molecule has 336 valence electrons. The van der Waals surface area contributed by atoms with E-state index in [-0.39, 0.29) is 60.7 Å². The van der Waals surface area contributed by atoms with Gasteiger partial charge in [0.25, 0.3) is 11.8 Å². The Morgan fingerprint density at radius 2 is 1.74 bits per heavy atom. The minimum atomic E-state index is -1.06. The molecule has 6 amide bonds. The Kier molecular flexibility index (Phi) is 11.5. The number of fused-ring (bicyclic) bond motifs is 2. The van der Waals surface area contributed by atoms with Gasteiger partial charge in [-0.15, -0.1) is 0 Å². The number of hydrogen-bond donors (Lipinski definition) is 4. The fourth-order valence-corrected chi connectivity index (χ4v) is 9.82. The molecule has 2 atom stereocenters. The molecule has 4 aliphatic heterocycles. The lowest BCUT2D eigenvalue weighted by Crippen LogP contribution is -2.58. The molecule has 19 heteroatoms. The minimum absolute atomic E-state index is 0.00458. The Morgan fingerprint density at radius 3 is 2.48 bits per heavy atom. The van der Waals surface area contributed by atoms with Crippen molar-refractivity contribution >= 4 is 81.1 Å². The third kappa shape index (κ3) is 8.69. The van der Waals surface area contributed by atoms with E-state index in [0.717, 1.165) is 52.4 Å². The van der Waals surface area contributed by atoms with Crippen molar-refractivity contribution in [2.45, 2.75) is 58.6 Å². The van der Waals surface area contributed by atoms with E-state index >= 15 is 0 Å². The average Bonchev–Trinajstić information content (AvgIpc) is 3.96. The molecule has 4 aliphatic rings. The lowest BCUT2D eigenvalue weighted by Gasteiger charge is -2.48. The molecule has 3 fully saturated rings. The van der Waals surface area contributed by atoms with Gasteiger partial charge in [-0.3, -0.25) is 49.1 Å². The molecule has 3 aromatic heterocycles. The fraction of sp³-hybridized carbons (Fsp3) is 0.370. The number of imide groups is 2. The Morgan fingerprint density at radius 1 is 0.969 bits per heavy atom. The number of amides is 6. The normalized spacial score (nSPS) is 18.5. The van der Waals surface area contributed by atoms with Crippen molar-refractivity contribution in [1.82, 2.24) is 40.6 Å². The highest BCUT2D eigenvalue weighted by molar-refractivity contribution is 6.35. The number of hydrogen-bond acceptors (Lipinski definition) is 12. The van der Waals surface area contributed by atoms with Crippen LogP contribution < -0.4 is 25.6 Å². The predicted molar refractivity (Wildman–Crippen MR) is 241 cm³/mol. The number of nitrogens with one attached hydrogen (secondary N) is 4. The molecule has 2 aromatic carbocycles. The maximum Gasteiger partial charge on any atom is 0.262 e. The molecule has 0 bridgehead atoms. The fourth-order valence-electron chi connectivity index (χ4n) is 9.15. The summed E-state index contributed by atoms with van der Waals surface area (Å²) in [5, 5.41) is 17.5. The van der Waals surface area contributed by atoms with Crippen molar-refractivity contribution in [2.24, 2.45) is 10.8 Å². The Balaban J connectivity index is 0.731. The zero-order valence-corrected chi connectivity index (χ0v) is 37.4. The number of piperidine rings is 1. The van der Waals surface area contributed by atoms with Crippen molar-refractivity contribution in [3.05, 3.63) is 93.9 Å². The van der Waals surface area contributed by atoms with Crippen LogP contribution in [0.25, 0.3) is 22.2 Å². The first-order valence-electron chi connectivity index (χ1n) is 21.4. The van der Waals surface area contributed by atoms with E-state index in [1.54, 1.807) is 18.5 Å². The van der Waals surface area contributed by atoms with E-state index in [1.165, 1.54) is 12.1 Å². The second-order valence-electron chi connectivity index (χ2n) is 18.1. The summed E-state index contributed by atoms with van der Waals surface area (Å²) in [6.45, 7) is 8.84. The zero-order chi connectivity index (χ0) is 45.8. The molecule has 0 radical (unpaired) electrons. The summed E-state index contributed by atoms with van der Waals surface area (Å²) in [5.74, 6) is -1.14. The van der Waals surface area contributed by atoms with E-state index in [4.69, 9.17) is 32.9 Å². The standard InChI is InChI=1S/C46H46Cl2N10O7/c1-25(40-32(47)18-49-19-33(40)48)65-28-6-8-34-31(15-28)41(55-54-34)26-4-10-36(51-17-26)57-23-46(24-57)12-13-56(22-46)39(61)16-45(2,3)21-52-38(60)20-50-27-5-7-29-30(14-27)44(64)58(43(29)63)35-9-11-37(59)53-42(35)62/h4-8,10,14-15,17-19,25,35,50H,9,11-13,16,20-24H2,1-3H3,(H,52,60)(H,54,55)(H,53,59,62)/t25-,35?/m1/s1. The number of aromatic nitrogens is 4. The smallest absolute Gasteiger partial charge is 0.262 e. The third-order valence-electron chi connectivity index (χ3n) is 12.6. The van der Waals surface area contributed by atoms with Gasteiger partial charge in [0.05, 0.1) is 33.2 Å². The molecule has 17 nitrogen and oxygen atoms in total. The number of carbonyl (C=O) groups is 6. The SMILES string of the molecule is C[C@@H](Oc1ccc2[nH]nc(-c3ccc(N4CC5(CCN(C(=O)CC(C)(C)CNC(=O)CNc6ccc7c(c6)C(=O)N(C6CCC(=O)NC6=O)C7=O)C5)C4)nc3)c2c1)c1c(Cl)cncc1Cl. The first-order valence-corrected chi connectivity index (χ1v) is 22.1. The number of ether oxygens (including phenoxy) is 1. The van der Waals surface area contributed by atoms with Gasteiger partial charge >= 0.3 is 0 Å². The van der Waals surface area contributed by atoms with Gasteiger partial charge in [0.15, 0.2) is 0 Å². The number of halogens is 2. The molecule has 3 saturated heterocycles. The van der Waals surface area contributed by atoms with Crippen LogP contribution in [0.5, 0.6) is 5.75 Å². The van der Waals surface area contributed by atoms with Crippen molar-refractivity contribution in [1.29, 1.82) is 0 Å². The highest BCUT2D eigenvalue weighted by atomic mass is 35.5. The number of aromatic amines is 1. The highest BCUT2D eigenvalue weighted by Crippen LogP contribution is 2.43. The van der Waals surface area contributed by atoms with E-state index in [1.807, 2.05) is 62.2 Å². The first-order chi connectivity index (χ1) is 31.1. The Bertz CT molecular complexity index is 2750. The van der Waals surface area contributed by atoms with Crippen LogP contribution in [0.1, 0.15) is 78.8 Å². The summed E-state index contributed by atoms with van der Waals surface area (Å²) < 4.78 is 6.24. The number of likely N-dealkylation sites (tertiary alicyclic amines) is 1. The molecule has 5 aromatic rings. The van der Waals surface area contributed by atoms with Gasteiger partial charge in [-0.1, -0.05) is 37.0 Å². The lowest BCUT2D eigenvalue weighted by molar-refractivity contribution is -0.136. The maximum atomic E-state index is 13.6. The molecular formula is C46H46Cl2N10O7. The summed E-state index contributed by atoms with van der Waals surface area (Å²) in [6, 6.07) is 13.2. The Labute approximate surface area is 383 Å². The summed E-state index contributed by atoms with van der Waals surface area (Å²) >= 11 is 12.7. The molecular weight excluding hydrogens is 875 g/mol. The molecule has 4 N–H and O–H groups in total. The van der Waals surface area contributed by atoms with Crippen LogP contribution in [0.4, 0.5) is 11.5 Å². The molecule has 0 aliphatic carbocycles. The zero-order valence-electron chi connectivity index (χ0n) is 35.9. The number of carbonyl (C=O) groups excluding carboxylic acids is 6. The van der Waals surface area contributed by atoms with Crippen molar-refractivity contribution in [3.8, 4) is 17.0 Å². The van der Waals surface area contributed by atoms with Crippen LogP contribution in [0.3, 0.4) is 0 Å². The van der Waals surface area contributed by atoms with Crippen LogP contribution in [0.15, 0.2) is 67.1 Å². The number of rotatable bonds is 13. The van der Waals surface area contributed by atoms with E-state index in [2.05, 4.69) is 36.0 Å². The quantitative estimate of drug-likeness (QED) is 0.107. The van der Waals surface area contributed by atoms with Crippen LogP contribution in [0.2, 0.25) is 10.0 Å². The van der Waals surface area contributed by atoms with Gasteiger partial charge in [-0.05, 0) is 73.7 Å². The minimum Gasteiger partial charge on any atom is -0.486 e. The maximum absolute atomic E-state index is 13.6. The number of nitrogens with zero attached hydrogens (tertiary/aromatic N) is 6. The lowest BCUT2D eigenvalue weighted by atomic mass is 9.79. The van der Waals surface area contributed by atoms with Crippen molar-refractivity contribution in [2.75, 3.05) is 49.5 Å². The topological polar surface area (TPSA) is 212 Å². The number of H-pyrrole nitrogens is 1. The average molecular weight is 922 g/mol. The van der Waals surface area contributed by atoms with Gasteiger partial charge in [0.1, 0.15) is 29.4 Å².